The molecule has 1 heterocycles. The van der Waals surface area contributed by atoms with E-state index in [2.05, 4.69) is 26.2 Å². The molecular weight excluding hydrogens is 367 g/mol. The van der Waals surface area contributed by atoms with Crippen LogP contribution in [0.5, 0.6) is 5.88 Å². The number of hydrogen-bond donors (Lipinski definition) is 1. The van der Waals surface area contributed by atoms with Gasteiger partial charge in [-0.3, -0.25) is 4.79 Å². The van der Waals surface area contributed by atoms with Gasteiger partial charge in [0.25, 0.3) is 5.91 Å². The fourth-order valence-electron chi connectivity index (χ4n) is 1.85. The summed E-state index contributed by atoms with van der Waals surface area (Å²) < 4.78 is 24.7. The maximum absolute atomic E-state index is 13.7. The molecule has 0 spiro atoms. The SMILES string of the molecule is COCCOc1ncccc1C(=O)NCc1cc(Br)ccc1F. The minimum Gasteiger partial charge on any atom is -0.475 e. The van der Waals surface area contributed by atoms with Crippen LogP contribution in [0, 0.1) is 5.82 Å². The molecule has 0 saturated carbocycles. The summed E-state index contributed by atoms with van der Waals surface area (Å²) in [5, 5.41) is 2.66. The first-order valence-corrected chi connectivity index (χ1v) is 7.70. The fraction of sp³-hybridized carbons (Fsp3) is 0.250. The standard InChI is InChI=1S/C16H16BrFN2O3/c1-22-7-8-23-16-13(3-2-6-19-16)15(21)20-10-11-9-12(17)4-5-14(11)18/h2-6,9H,7-8,10H2,1H3,(H,20,21). The minimum absolute atomic E-state index is 0.0660. The van der Waals surface area contributed by atoms with Gasteiger partial charge in [-0.25, -0.2) is 9.37 Å². The monoisotopic (exact) mass is 382 g/mol. The molecule has 1 N–H and O–H groups in total. The molecule has 23 heavy (non-hydrogen) atoms. The highest BCUT2D eigenvalue weighted by Gasteiger charge is 2.14. The lowest BCUT2D eigenvalue weighted by atomic mass is 10.2. The number of aromatic nitrogens is 1. The van der Waals surface area contributed by atoms with Crippen molar-refractivity contribution in [2.75, 3.05) is 20.3 Å². The molecule has 0 aliphatic rings. The molecule has 0 radical (unpaired) electrons. The number of nitrogens with one attached hydrogen (secondary N) is 1. The van der Waals surface area contributed by atoms with Gasteiger partial charge >= 0.3 is 0 Å². The van der Waals surface area contributed by atoms with Gasteiger partial charge in [-0.2, -0.15) is 0 Å². The van der Waals surface area contributed by atoms with Gasteiger partial charge in [0.15, 0.2) is 0 Å². The summed E-state index contributed by atoms with van der Waals surface area (Å²) in [6, 6.07) is 7.80. The van der Waals surface area contributed by atoms with Crippen LogP contribution < -0.4 is 10.1 Å². The van der Waals surface area contributed by atoms with Crippen molar-refractivity contribution in [1.82, 2.24) is 10.3 Å². The third-order valence-corrected chi connectivity index (χ3v) is 3.48. The Bertz CT molecular complexity index is 682. The van der Waals surface area contributed by atoms with E-state index in [0.717, 1.165) is 4.47 Å². The van der Waals surface area contributed by atoms with Gasteiger partial charge in [-0.15, -0.1) is 0 Å². The number of amides is 1. The van der Waals surface area contributed by atoms with Crippen LogP contribution in [-0.4, -0.2) is 31.2 Å². The average Bonchev–Trinajstić information content (AvgIpc) is 2.56. The Morgan fingerprint density at radius 3 is 2.96 bits per heavy atom. The topological polar surface area (TPSA) is 60.5 Å². The predicted octanol–water partition coefficient (Wildman–Crippen LogP) is 2.94. The quantitative estimate of drug-likeness (QED) is 0.747. The van der Waals surface area contributed by atoms with Crippen molar-refractivity contribution in [2.45, 2.75) is 6.54 Å². The van der Waals surface area contributed by atoms with Crippen molar-refractivity contribution < 1.29 is 18.7 Å². The molecule has 1 aromatic heterocycles. The third-order valence-electron chi connectivity index (χ3n) is 2.99. The summed E-state index contributed by atoms with van der Waals surface area (Å²) in [6.45, 7) is 0.742. The molecule has 2 rings (SSSR count). The van der Waals surface area contributed by atoms with E-state index in [1.807, 2.05) is 0 Å². The highest BCUT2D eigenvalue weighted by molar-refractivity contribution is 9.10. The Hall–Kier alpha value is -1.99. The number of ether oxygens (including phenoxy) is 2. The van der Waals surface area contributed by atoms with E-state index in [0.29, 0.717) is 17.7 Å². The van der Waals surface area contributed by atoms with E-state index in [1.54, 1.807) is 31.4 Å². The molecule has 7 heteroatoms. The van der Waals surface area contributed by atoms with Gasteiger partial charge in [0, 0.05) is 29.9 Å². The van der Waals surface area contributed by atoms with Crippen LogP contribution in [0.2, 0.25) is 0 Å². The van der Waals surface area contributed by atoms with E-state index in [-0.39, 0.29) is 30.8 Å². The van der Waals surface area contributed by atoms with E-state index >= 15 is 0 Å². The van der Waals surface area contributed by atoms with Crippen molar-refractivity contribution >= 4 is 21.8 Å². The molecule has 5 nitrogen and oxygen atoms in total. The molecule has 1 aromatic carbocycles. The van der Waals surface area contributed by atoms with Gasteiger partial charge in [-0.1, -0.05) is 15.9 Å². The van der Waals surface area contributed by atoms with E-state index in [4.69, 9.17) is 9.47 Å². The predicted molar refractivity (Wildman–Crippen MR) is 86.9 cm³/mol. The zero-order valence-electron chi connectivity index (χ0n) is 12.5. The van der Waals surface area contributed by atoms with Crippen LogP contribution >= 0.6 is 15.9 Å². The fourth-order valence-corrected chi connectivity index (χ4v) is 2.26. The van der Waals surface area contributed by atoms with E-state index in [9.17, 15) is 9.18 Å². The second-order valence-electron chi connectivity index (χ2n) is 4.62. The minimum atomic E-state index is -0.384. The Morgan fingerprint density at radius 1 is 1.35 bits per heavy atom. The Labute approximate surface area is 142 Å². The van der Waals surface area contributed by atoms with Crippen molar-refractivity contribution in [3.05, 3.63) is 57.9 Å². The Morgan fingerprint density at radius 2 is 2.17 bits per heavy atom. The summed E-state index contributed by atoms with van der Waals surface area (Å²) in [4.78, 5) is 16.3. The summed E-state index contributed by atoms with van der Waals surface area (Å²) in [5.41, 5.74) is 0.678. The zero-order valence-corrected chi connectivity index (χ0v) is 14.1. The average molecular weight is 383 g/mol. The number of carbonyl (C=O) groups excluding carboxylic acids is 1. The van der Waals surface area contributed by atoms with Crippen LogP contribution in [0.25, 0.3) is 0 Å². The first-order chi connectivity index (χ1) is 11.1. The molecule has 0 aliphatic carbocycles. The van der Waals surface area contributed by atoms with Gasteiger partial charge in [0.2, 0.25) is 5.88 Å². The lowest BCUT2D eigenvalue weighted by molar-refractivity contribution is 0.0941. The van der Waals surface area contributed by atoms with Crippen LogP contribution in [0.15, 0.2) is 41.0 Å². The van der Waals surface area contributed by atoms with Gasteiger partial charge < -0.3 is 14.8 Å². The number of benzene rings is 1. The highest BCUT2D eigenvalue weighted by Crippen LogP contribution is 2.17. The second kappa shape index (κ2) is 8.59. The summed E-state index contributed by atoms with van der Waals surface area (Å²) in [6.07, 6.45) is 1.53. The zero-order chi connectivity index (χ0) is 16.7. The highest BCUT2D eigenvalue weighted by atomic mass is 79.9. The number of rotatable bonds is 7. The van der Waals surface area contributed by atoms with Crippen LogP contribution in [-0.2, 0) is 11.3 Å². The number of nitrogens with zero attached hydrogens (tertiary/aromatic N) is 1. The number of pyridine rings is 1. The molecule has 122 valence electrons. The largest absolute Gasteiger partial charge is 0.475 e. The molecule has 0 aliphatic heterocycles. The Balaban J connectivity index is 2.04. The first kappa shape index (κ1) is 17.4. The summed E-state index contributed by atoms with van der Waals surface area (Å²) >= 11 is 3.27. The maximum Gasteiger partial charge on any atom is 0.257 e. The number of hydrogen-bond acceptors (Lipinski definition) is 4. The lowest BCUT2D eigenvalue weighted by Gasteiger charge is -2.11. The van der Waals surface area contributed by atoms with E-state index in [1.165, 1.54) is 12.3 Å². The van der Waals surface area contributed by atoms with Crippen molar-refractivity contribution in [3.8, 4) is 5.88 Å². The number of methoxy groups -OCH3 is 1. The molecule has 0 atom stereocenters. The molecule has 2 aromatic rings. The van der Waals surface area contributed by atoms with Crippen LogP contribution in [0.1, 0.15) is 15.9 Å². The van der Waals surface area contributed by atoms with Gasteiger partial charge in [0.1, 0.15) is 18.0 Å². The molecule has 1 amide bonds. The third kappa shape index (κ3) is 5.01. The van der Waals surface area contributed by atoms with Crippen molar-refractivity contribution in [2.24, 2.45) is 0 Å². The molecule has 0 saturated heterocycles. The number of carbonyl (C=O) groups is 1. The first-order valence-electron chi connectivity index (χ1n) is 6.90. The van der Waals surface area contributed by atoms with Crippen molar-refractivity contribution in [1.29, 1.82) is 0 Å². The van der Waals surface area contributed by atoms with Crippen LogP contribution in [0.3, 0.4) is 0 Å². The molecule has 0 bridgehead atoms. The molecule has 0 unspecified atom stereocenters. The summed E-state index contributed by atoms with van der Waals surface area (Å²) in [7, 11) is 1.56. The van der Waals surface area contributed by atoms with E-state index < -0.39 is 0 Å². The maximum atomic E-state index is 13.7. The van der Waals surface area contributed by atoms with Gasteiger partial charge in [0.05, 0.1) is 6.61 Å². The van der Waals surface area contributed by atoms with Crippen molar-refractivity contribution in [3.63, 3.8) is 0 Å². The lowest BCUT2D eigenvalue weighted by Crippen LogP contribution is -2.24. The van der Waals surface area contributed by atoms with Crippen LogP contribution in [0.4, 0.5) is 4.39 Å². The Kier molecular flexibility index (Phi) is 6.49. The molecule has 0 fully saturated rings. The number of halogens is 2. The summed E-state index contributed by atoms with van der Waals surface area (Å²) in [5.74, 6) is -0.544. The smallest absolute Gasteiger partial charge is 0.257 e. The van der Waals surface area contributed by atoms with Gasteiger partial charge in [-0.05, 0) is 30.3 Å². The second-order valence-corrected chi connectivity index (χ2v) is 5.53. The normalized spacial score (nSPS) is 10.4. The molecular formula is C16H16BrFN2O3.